The van der Waals surface area contributed by atoms with Gasteiger partial charge >= 0.3 is 5.97 Å². The molecule has 0 saturated carbocycles. The zero-order chi connectivity index (χ0) is 15.4. The number of H-pyrrole nitrogens is 1. The fourth-order valence-corrected chi connectivity index (χ4v) is 2.33. The van der Waals surface area contributed by atoms with Gasteiger partial charge in [-0.05, 0) is 30.5 Å². The topological polar surface area (TPSA) is 81.3 Å². The molecule has 1 aromatic heterocycles. The van der Waals surface area contributed by atoms with Crippen LogP contribution in [0.2, 0.25) is 0 Å². The standard InChI is InChI=1S/C14H14N2O4S/c1-19-9-6-4-8(5-7-9)11-15-12(17)10(14(18)20-2)13(16-11)21-3/h4-7H,1-3H3,(H,15,16,17). The van der Waals surface area contributed by atoms with E-state index in [1.54, 1.807) is 37.6 Å². The van der Waals surface area contributed by atoms with Crippen LogP contribution in [0, 0.1) is 0 Å². The van der Waals surface area contributed by atoms with Crippen LogP contribution >= 0.6 is 11.8 Å². The number of methoxy groups -OCH3 is 2. The van der Waals surface area contributed by atoms with Gasteiger partial charge in [-0.1, -0.05) is 0 Å². The van der Waals surface area contributed by atoms with Crippen molar-refractivity contribution < 1.29 is 14.3 Å². The Morgan fingerprint density at radius 1 is 1.24 bits per heavy atom. The number of nitrogens with one attached hydrogen (secondary N) is 1. The molecule has 0 aliphatic heterocycles. The molecule has 0 aliphatic carbocycles. The summed E-state index contributed by atoms with van der Waals surface area (Å²) in [5.41, 5.74) is 0.119. The highest BCUT2D eigenvalue weighted by atomic mass is 32.2. The fourth-order valence-electron chi connectivity index (χ4n) is 1.77. The van der Waals surface area contributed by atoms with Crippen molar-refractivity contribution in [3.63, 3.8) is 0 Å². The number of carbonyl (C=O) groups excluding carboxylic acids is 1. The summed E-state index contributed by atoms with van der Waals surface area (Å²) in [4.78, 5) is 30.6. The number of benzene rings is 1. The Morgan fingerprint density at radius 2 is 1.90 bits per heavy atom. The molecule has 1 aromatic carbocycles. The van der Waals surface area contributed by atoms with E-state index in [1.807, 2.05) is 0 Å². The molecule has 7 heteroatoms. The summed E-state index contributed by atoms with van der Waals surface area (Å²) in [6.07, 6.45) is 1.74. The highest BCUT2D eigenvalue weighted by Gasteiger charge is 2.19. The van der Waals surface area contributed by atoms with Gasteiger partial charge in [0, 0.05) is 5.56 Å². The van der Waals surface area contributed by atoms with Crippen LogP contribution in [0.15, 0.2) is 34.1 Å². The highest BCUT2D eigenvalue weighted by Crippen LogP contribution is 2.22. The number of esters is 1. The monoisotopic (exact) mass is 306 g/mol. The Morgan fingerprint density at radius 3 is 2.43 bits per heavy atom. The molecule has 2 aromatic rings. The molecule has 0 fully saturated rings. The van der Waals surface area contributed by atoms with Gasteiger partial charge in [-0.15, -0.1) is 11.8 Å². The van der Waals surface area contributed by atoms with Gasteiger partial charge in [0.05, 0.1) is 14.2 Å². The lowest BCUT2D eigenvalue weighted by molar-refractivity contribution is 0.0593. The smallest absolute Gasteiger partial charge is 0.346 e. The summed E-state index contributed by atoms with van der Waals surface area (Å²) in [5.74, 6) is 0.395. The minimum Gasteiger partial charge on any atom is -0.497 e. The highest BCUT2D eigenvalue weighted by molar-refractivity contribution is 7.98. The number of ether oxygens (including phenoxy) is 2. The zero-order valence-corrected chi connectivity index (χ0v) is 12.6. The molecule has 21 heavy (non-hydrogen) atoms. The summed E-state index contributed by atoms with van der Waals surface area (Å²) in [7, 11) is 2.80. The first-order valence-corrected chi connectivity index (χ1v) is 7.24. The van der Waals surface area contributed by atoms with E-state index in [9.17, 15) is 9.59 Å². The van der Waals surface area contributed by atoms with Gasteiger partial charge in [0.1, 0.15) is 16.6 Å². The van der Waals surface area contributed by atoms with E-state index in [0.717, 1.165) is 5.56 Å². The molecule has 6 nitrogen and oxygen atoms in total. The van der Waals surface area contributed by atoms with E-state index in [4.69, 9.17) is 4.74 Å². The van der Waals surface area contributed by atoms with Crippen molar-refractivity contribution in [3.05, 3.63) is 40.2 Å². The lowest BCUT2D eigenvalue weighted by Crippen LogP contribution is -2.22. The van der Waals surface area contributed by atoms with E-state index >= 15 is 0 Å². The van der Waals surface area contributed by atoms with Crippen LogP contribution in [0.4, 0.5) is 0 Å². The average Bonchev–Trinajstić information content (AvgIpc) is 2.53. The molecule has 0 spiro atoms. The van der Waals surface area contributed by atoms with Gasteiger partial charge in [0.15, 0.2) is 5.56 Å². The Hall–Kier alpha value is -2.28. The largest absolute Gasteiger partial charge is 0.497 e. The quantitative estimate of drug-likeness (QED) is 0.528. The maximum Gasteiger partial charge on any atom is 0.346 e. The van der Waals surface area contributed by atoms with E-state index in [2.05, 4.69) is 14.7 Å². The van der Waals surface area contributed by atoms with Gasteiger partial charge in [-0.25, -0.2) is 9.78 Å². The van der Waals surface area contributed by atoms with Crippen LogP contribution in [0.3, 0.4) is 0 Å². The van der Waals surface area contributed by atoms with Gasteiger partial charge in [0.25, 0.3) is 5.56 Å². The summed E-state index contributed by atoms with van der Waals surface area (Å²) >= 11 is 1.21. The Bertz CT molecular complexity index is 710. The second-order valence-electron chi connectivity index (χ2n) is 4.02. The molecular weight excluding hydrogens is 292 g/mol. The number of rotatable bonds is 4. The third-order valence-corrected chi connectivity index (χ3v) is 3.51. The van der Waals surface area contributed by atoms with Gasteiger partial charge in [-0.3, -0.25) is 4.79 Å². The number of aromatic nitrogens is 2. The van der Waals surface area contributed by atoms with Crippen LogP contribution in [-0.2, 0) is 4.74 Å². The molecule has 110 valence electrons. The van der Waals surface area contributed by atoms with Crippen LogP contribution < -0.4 is 10.3 Å². The molecule has 0 atom stereocenters. The third-order valence-electron chi connectivity index (χ3n) is 2.83. The predicted octanol–water partition coefficient (Wildman–Crippen LogP) is 1.95. The number of carbonyl (C=O) groups is 1. The number of aromatic amines is 1. The molecule has 0 unspecified atom stereocenters. The van der Waals surface area contributed by atoms with Crippen molar-refractivity contribution in [1.29, 1.82) is 0 Å². The van der Waals surface area contributed by atoms with E-state index in [0.29, 0.717) is 16.6 Å². The lowest BCUT2D eigenvalue weighted by Gasteiger charge is -2.07. The van der Waals surface area contributed by atoms with Crippen molar-refractivity contribution in [2.45, 2.75) is 5.03 Å². The summed E-state index contributed by atoms with van der Waals surface area (Å²) in [5, 5.41) is 0.330. The molecule has 1 heterocycles. The number of hydrogen-bond donors (Lipinski definition) is 1. The third kappa shape index (κ3) is 3.08. The molecule has 2 rings (SSSR count). The summed E-state index contributed by atoms with van der Waals surface area (Å²) in [6.45, 7) is 0. The minimum atomic E-state index is -0.700. The van der Waals surface area contributed by atoms with Crippen LogP contribution in [-0.4, -0.2) is 36.4 Å². The van der Waals surface area contributed by atoms with E-state index in [-0.39, 0.29) is 5.56 Å². The van der Waals surface area contributed by atoms with Gasteiger partial charge in [0.2, 0.25) is 0 Å². The summed E-state index contributed by atoms with van der Waals surface area (Å²) < 4.78 is 9.69. The Labute approximate surface area is 125 Å². The van der Waals surface area contributed by atoms with Crippen LogP contribution in [0.5, 0.6) is 5.75 Å². The van der Waals surface area contributed by atoms with Gasteiger partial charge < -0.3 is 14.5 Å². The Kier molecular flexibility index (Phi) is 4.64. The van der Waals surface area contributed by atoms with Crippen molar-refractivity contribution in [3.8, 4) is 17.1 Å². The maximum atomic E-state index is 12.1. The first-order chi connectivity index (χ1) is 10.1. The average molecular weight is 306 g/mol. The van der Waals surface area contributed by atoms with Crippen LogP contribution in [0.25, 0.3) is 11.4 Å². The molecule has 0 radical (unpaired) electrons. The molecule has 0 amide bonds. The van der Waals surface area contributed by atoms with E-state index < -0.39 is 11.5 Å². The predicted molar refractivity (Wildman–Crippen MR) is 80.0 cm³/mol. The van der Waals surface area contributed by atoms with Crippen molar-refractivity contribution in [1.82, 2.24) is 9.97 Å². The SMILES string of the molecule is COC(=O)c1c(SC)nc(-c2ccc(OC)cc2)[nH]c1=O. The van der Waals surface area contributed by atoms with Gasteiger partial charge in [-0.2, -0.15) is 0 Å². The molecule has 0 bridgehead atoms. The molecule has 0 saturated heterocycles. The van der Waals surface area contributed by atoms with Crippen molar-refractivity contribution in [2.75, 3.05) is 20.5 Å². The van der Waals surface area contributed by atoms with Crippen molar-refractivity contribution in [2.24, 2.45) is 0 Å². The molecule has 1 N–H and O–H groups in total. The fraction of sp³-hybridized carbons (Fsp3) is 0.214. The first kappa shape index (κ1) is 15.1. The number of thioether (sulfide) groups is 1. The number of nitrogens with zero attached hydrogens (tertiary/aromatic N) is 1. The number of hydrogen-bond acceptors (Lipinski definition) is 6. The minimum absolute atomic E-state index is 0.0812. The van der Waals surface area contributed by atoms with E-state index in [1.165, 1.54) is 18.9 Å². The second kappa shape index (κ2) is 6.45. The van der Waals surface area contributed by atoms with Crippen molar-refractivity contribution >= 4 is 17.7 Å². The Balaban J connectivity index is 2.53. The molecule has 0 aliphatic rings. The molecular formula is C14H14N2O4S. The maximum absolute atomic E-state index is 12.1. The normalized spacial score (nSPS) is 10.2. The van der Waals surface area contributed by atoms with Crippen LogP contribution in [0.1, 0.15) is 10.4 Å². The second-order valence-corrected chi connectivity index (χ2v) is 4.81. The zero-order valence-electron chi connectivity index (χ0n) is 11.8. The lowest BCUT2D eigenvalue weighted by atomic mass is 10.2. The summed E-state index contributed by atoms with van der Waals surface area (Å²) in [6, 6.07) is 7.09. The first-order valence-electron chi connectivity index (χ1n) is 6.01.